The third-order valence-corrected chi connectivity index (χ3v) is 5.32. The SMILES string of the molecule is Cc1ccnc(N2C(=O)c3oc4ccccc4c(=O)c3[C@H]2c2cccc([N+](=O)[O-])c2)c1. The number of rotatable bonds is 3. The number of aryl methyl sites for hydroxylation is 1. The largest absolute Gasteiger partial charge is 0.450 e. The molecule has 8 nitrogen and oxygen atoms in total. The molecule has 0 saturated carbocycles. The first-order chi connectivity index (χ1) is 15.0. The number of hydrogen-bond acceptors (Lipinski definition) is 6. The maximum absolute atomic E-state index is 13.4. The van der Waals surface area contributed by atoms with E-state index < -0.39 is 16.9 Å². The number of fused-ring (bicyclic) bond motifs is 2. The van der Waals surface area contributed by atoms with E-state index in [1.54, 1.807) is 48.7 Å². The van der Waals surface area contributed by atoms with E-state index in [2.05, 4.69) is 4.98 Å². The standard InChI is InChI=1S/C23H15N3O5/c1-13-9-10-24-18(11-13)25-20(14-5-4-6-15(12-14)26(29)30)19-21(27)16-7-2-3-8-17(16)31-22(19)23(25)28/h2-12,20H,1H3/t20-/m1/s1. The number of hydrogen-bond donors (Lipinski definition) is 0. The minimum absolute atomic E-state index is 0.0801. The van der Waals surface area contributed by atoms with E-state index in [1.807, 2.05) is 6.92 Å². The Kier molecular flexibility index (Phi) is 4.14. The number of pyridine rings is 1. The molecule has 1 atom stereocenters. The number of amides is 1. The molecule has 1 aliphatic rings. The Morgan fingerprint density at radius 1 is 1.06 bits per heavy atom. The normalized spacial score (nSPS) is 15.3. The highest BCUT2D eigenvalue weighted by atomic mass is 16.6. The van der Waals surface area contributed by atoms with Gasteiger partial charge in [-0.3, -0.25) is 24.6 Å². The first-order valence-corrected chi connectivity index (χ1v) is 9.52. The van der Waals surface area contributed by atoms with E-state index in [9.17, 15) is 19.7 Å². The van der Waals surface area contributed by atoms with Crippen molar-refractivity contribution in [1.29, 1.82) is 0 Å². The zero-order valence-electron chi connectivity index (χ0n) is 16.3. The number of nitro benzene ring substituents is 1. The number of non-ortho nitro benzene ring substituents is 1. The van der Waals surface area contributed by atoms with Crippen LogP contribution in [0.3, 0.4) is 0 Å². The molecule has 4 aromatic rings. The lowest BCUT2D eigenvalue weighted by atomic mass is 9.98. The van der Waals surface area contributed by atoms with Crippen LogP contribution in [0.15, 0.2) is 76.1 Å². The predicted octanol–water partition coefficient (Wildman–Crippen LogP) is 4.15. The fraction of sp³-hybridized carbons (Fsp3) is 0.0870. The molecule has 0 radical (unpaired) electrons. The zero-order chi connectivity index (χ0) is 21.7. The lowest BCUT2D eigenvalue weighted by molar-refractivity contribution is -0.384. The molecule has 2 aromatic heterocycles. The molecule has 1 aliphatic heterocycles. The van der Waals surface area contributed by atoms with E-state index in [0.29, 0.717) is 22.4 Å². The molecule has 0 spiro atoms. The zero-order valence-corrected chi connectivity index (χ0v) is 16.3. The third-order valence-electron chi connectivity index (χ3n) is 5.32. The molecule has 2 aromatic carbocycles. The van der Waals surface area contributed by atoms with Gasteiger partial charge in [-0.15, -0.1) is 0 Å². The van der Waals surface area contributed by atoms with Gasteiger partial charge in [0.05, 0.1) is 21.9 Å². The summed E-state index contributed by atoms with van der Waals surface area (Å²) < 4.78 is 5.86. The Balaban J connectivity index is 1.83. The van der Waals surface area contributed by atoms with Crippen LogP contribution in [0.1, 0.15) is 33.3 Å². The molecule has 5 rings (SSSR count). The molecule has 0 unspecified atom stereocenters. The van der Waals surface area contributed by atoms with E-state index in [1.165, 1.54) is 23.1 Å². The first-order valence-electron chi connectivity index (χ1n) is 9.52. The van der Waals surface area contributed by atoms with Gasteiger partial charge in [-0.1, -0.05) is 24.3 Å². The second kappa shape index (κ2) is 6.88. The smallest absolute Gasteiger partial charge is 0.296 e. The molecule has 8 heteroatoms. The Hall–Kier alpha value is -4.33. The van der Waals surface area contributed by atoms with Crippen molar-refractivity contribution < 1.29 is 14.1 Å². The van der Waals surface area contributed by atoms with Gasteiger partial charge >= 0.3 is 0 Å². The Bertz CT molecular complexity index is 1440. The molecule has 0 fully saturated rings. The van der Waals surface area contributed by atoms with Crippen LogP contribution in [0.2, 0.25) is 0 Å². The summed E-state index contributed by atoms with van der Waals surface area (Å²) in [4.78, 5) is 43.4. The van der Waals surface area contributed by atoms with Crippen LogP contribution in [0.25, 0.3) is 11.0 Å². The molecule has 0 bridgehead atoms. The monoisotopic (exact) mass is 413 g/mol. The predicted molar refractivity (Wildman–Crippen MR) is 113 cm³/mol. The van der Waals surface area contributed by atoms with Crippen LogP contribution >= 0.6 is 0 Å². The second-order valence-corrected chi connectivity index (χ2v) is 7.29. The van der Waals surface area contributed by atoms with Crippen molar-refractivity contribution in [2.24, 2.45) is 0 Å². The van der Waals surface area contributed by atoms with Gasteiger partial charge in [0.2, 0.25) is 5.76 Å². The van der Waals surface area contributed by atoms with Crippen molar-refractivity contribution in [3.8, 4) is 0 Å². The highest BCUT2D eigenvalue weighted by Crippen LogP contribution is 2.41. The highest BCUT2D eigenvalue weighted by molar-refractivity contribution is 6.10. The summed E-state index contributed by atoms with van der Waals surface area (Å²) in [5, 5.41) is 11.7. The summed E-state index contributed by atoms with van der Waals surface area (Å²) in [5.74, 6) is -0.271. The fourth-order valence-corrected chi connectivity index (χ4v) is 3.93. The molecule has 0 N–H and O–H groups in total. The summed E-state index contributed by atoms with van der Waals surface area (Å²) in [6, 6.07) is 15.2. The van der Waals surface area contributed by atoms with Crippen LogP contribution in [0.4, 0.5) is 11.5 Å². The number of nitrogens with zero attached hydrogens (tertiary/aromatic N) is 3. The topological polar surface area (TPSA) is 107 Å². The average Bonchev–Trinajstić information content (AvgIpc) is 3.07. The highest BCUT2D eigenvalue weighted by Gasteiger charge is 2.44. The maximum Gasteiger partial charge on any atom is 0.296 e. The van der Waals surface area contributed by atoms with Crippen LogP contribution in [0, 0.1) is 17.0 Å². The minimum atomic E-state index is -0.905. The number of carbonyl (C=O) groups is 1. The summed E-state index contributed by atoms with van der Waals surface area (Å²) in [7, 11) is 0. The van der Waals surface area contributed by atoms with E-state index in [4.69, 9.17) is 4.42 Å². The van der Waals surface area contributed by atoms with Gasteiger partial charge in [-0.05, 0) is 42.3 Å². The van der Waals surface area contributed by atoms with Crippen LogP contribution in [-0.2, 0) is 0 Å². The van der Waals surface area contributed by atoms with Crippen molar-refractivity contribution in [3.05, 3.63) is 110 Å². The summed E-state index contributed by atoms with van der Waals surface area (Å²) >= 11 is 0. The molecule has 31 heavy (non-hydrogen) atoms. The van der Waals surface area contributed by atoms with Crippen LogP contribution in [0.5, 0.6) is 0 Å². The molecule has 0 aliphatic carbocycles. The van der Waals surface area contributed by atoms with Crippen molar-refractivity contribution in [2.75, 3.05) is 4.90 Å². The number of benzene rings is 2. The van der Waals surface area contributed by atoms with Crippen LogP contribution in [-0.4, -0.2) is 15.8 Å². The van der Waals surface area contributed by atoms with Gasteiger partial charge in [-0.25, -0.2) is 4.98 Å². The lowest BCUT2D eigenvalue weighted by Gasteiger charge is -2.24. The van der Waals surface area contributed by atoms with E-state index in [-0.39, 0.29) is 22.4 Å². The quantitative estimate of drug-likeness (QED) is 0.369. The number of nitro groups is 1. The molecule has 1 amide bonds. The molecule has 3 heterocycles. The van der Waals surface area contributed by atoms with Gasteiger partial charge in [0.15, 0.2) is 5.43 Å². The van der Waals surface area contributed by atoms with Gasteiger partial charge in [-0.2, -0.15) is 0 Å². The Morgan fingerprint density at radius 2 is 1.87 bits per heavy atom. The van der Waals surface area contributed by atoms with Gasteiger partial charge in [0.1, 0.15) is 11.4 Å². The number of aromatic nitrogens is 1. The number of anilines is 1. The first kappa shape index (κ1) is 18.7. The van der Waals surface area contributed by atoms with Gasteiger partial charge < -0.3 is 4.42 Å². The van der Waals surface area contributed by atoms with Crippen LogP contribution < -0.4 is 10.3 Å². The van der Waals surface area contributed by atoms with Gasteiger partial charge in [0.25, 0.3) is 11.6 Å². The minimum Gasteiger partial charge on any atom is -0.450 e. The molecular formula is C23H15N3O5. The van der Waals surface area contributed by atoms with E-state index >= 15 is 0 Å². The third kappa shape index (κ3) is 2.88. The van der Waals surface area contributed by atoms with E-state index in [0.717, 1.165) is 5.56 Å². The maximum atomic E-state index is 13.4. The van der Waals surface area contributed by atoms with Crippen molar-refractivity contribution in [3.63, 3.8) is 0 Å². The van der Waals surface area contributed by atoms with Crippen molar-refractivity contribution >= 4 is 28.4 Å². The second-order valence-electron chi connectivity index (χ2n) is 7.29. The number of carbonyl (C=O) groups excluding carboxylic acids is 1. The molecule has 0 saturated heterocycles. The Labute approximate surface area is 175 Å². The molecule has 152 valence electrons. The van der Waals surface area contributed by atoms with Gasteiger partial charge in [0, 0.05) is 18.3 Å². The fourth-order valence-electron chi connectivity index (χ4n) is 3.93. The molecular weight excluding hydrogens is 398 g/mol. The summed E-state index contributed by atoms with van der Waals surface area (Å²) in [6.45, 7) is 1.86. The summed E-state index contributed by atoms with van der Waals surface area (Å²) in [6.07, 6.45) is 1.57. The number of para-hydroxylation sites is 1. The van der Waals surface area contributed by atoms with Crippen molar-refractivity contribution in [2.45, 2.75) is 13.0 Å². The average molecular weight is 413 g/mol. The lowest BCUT2D eigenvalue weighted by Crippen LogP contribution is -2.30. The van der Waals surface area contributed by atoms with Crippen molar-refractivity contribution in [1.82, 2.24) is 4.98 Å². The summed E-state index contributed by atoms with van der Waals surface area (Å²) in [5.41, 5.74) is 1.25. The Morgan fingerprint density at radius 3 is 2.65 bits per heavy atom.